The summed E-state index contributed by atoms with van der Waals surface area (Å²) in [6.45, 7) is 4.66. The van der Waals surface area contributed by atoms with Gasteiger partial charge in [-0.05, 0) is 30.9 Å². The Kier molecular flexibility index (Phi) is 5.75. The predicted molar refractivity (Wildman–Crippen MR) is 113 cm³/mol. The largest absolute Gasteiger partial charge is 0.416 e. The Morgan fingerprint density at radius 2 is 1.72 bits per heavy atom. The molecule has 2 heterocycles. The summed E-state index contributed by atoms with van der Waals surface area (Å²) in [7, 11) is 0. The fourth-order valence-electron chi connectivity index (χ4n) is 4.48. The monoisotopic (exact) mass is 425 g/mol. The molecule has 4 rings (SSSR count). The van der Waals surface area contributed by atoms with E-state index >= 15 is 0 Å². The van der Waals surface area contributed by atoms with Crippen molar-refractivity contribution in [3.63, 3.8) is 0 Å². The van der Waals surface area contributed by atoms with Gasteiger partial charge in [-0.3, -0.25) is 9.69 Å². The Bertz CT molecular complexity index is 929. The standard InChI is InChI=1S/C21H26F3N3OS/c22-21(23,24)15-10-16-18(28)12-19(29-20(16)17(25)11-15)27-8-6-26(7-9-27)13-14-4-2-1-3-5-14/h10-12,14H,1-9,13,25H2. The van der Waals surface area contributed by atoms with Crippen LogP contribution in [0.5, 0.6) is 0 Å². The number of rotatable bonds is 3. The number of hydrogen-bond donors (Lipinski definition) is 1. The Morgan fingerprint density at radius 1 is 1.03 bits per heavy atom. The highest BCUT2D eigenvalue weighted by Crippen LogP contribution is 2.37. The van der Waals surface area contributed by atoms with Gasteiger partial charge in [0.25, 0.3) is 0 Å². The number of nitrogens with zero attached hydrogens (tertiary/aromatic N) is 2. The normalized spacial score (nSPS) is 19.8. The summed E-state index contributed by atoms with van der Waals surface area (Å²) < 4.78 is 39.5. The molecular formula is C21H26F3N3OS. The molecule has 2 fully saturated rings. The van der Waals surface area contributed by atoms with E-state index in [0.717, 1.165) is 55.8 Å². The fourth-order valence-corrected chi connectivity index (χ4v) is 5.61. The summed E-state index contributed by atoms with van der Waals surface area (Å²) in [6, 6.07) is 3.30. The van der Waals surface area contributed by atoms with E-state index in [-0.39, 0.29) is 11.1 Å². The lowest BCUT2D eigenvalue weighted by molar-refractivity contribution is -0.137. The van der Waals surface area contributed by atoms with E-state index < -0.39 is 17.2 Å². The molecule has 1 aromatic heterocycles. The number of anilines is 2. The molecule has 1 saturated heterocycles. The van der Waals surface area contributed by atoms with E-state index in [4.69, 9.17) is 5.73 Å². The quantitative estimate of drug-likeness (QED) is 0.733. The van der Waals surface area contributed by atoms with Crippen molar-refractivity contribution in [1.82, 2.24) is 4.90 Å². The number of hydrogen-bond acceptors (Lipinski definition) is 5. The minimum absolute atomic E-state index is 0.00899. The third kappa shape index (κ3) is 4.53. The number of fused-ring (bicyclic) bond motifs is 1. The zero-order chi connectivity index (χ0) is 20.6. The van der Waals surface area contributed by atoms with Crippen LogP contribution in [0.3, 0.4) is 0 Å². The van der Waals surface area contributed by atoms with Gasteiger partial charge in [-0.15, -0.1) is 11.3 Å². The second-order valence-corrected chi connectivity index (χ2v) is 9.21. The van der Waals surface area contributed by atoms with Crippen LogP contribution in [0.15, 0.2) is 23.0 Å². The summed E-state index contributed by atoms with van der Waals surface area (Å²) in [5.74, 6) is 0.801. The first-order valence-electron chi connectivity index (χ1n) is 10.2. The van der Waals surface area contributed by atoms with Crippen LogP contribution in [0.2, 0.25) is 0 Å². The first kappa shape index (κ1) is 20.5. The van der Waals surface area contributed by atoms with Crippen molar-refractivity contribution in [2.24, 2.45) is 5.92 Å². The van der Waals surface area contributed by atoms with Crippen LogP contribution < -0.4 is 16.1 Å². The van der Waals surface area contributed by atoms with Crippen LogP contribution >= 0.6 is 11.3 Å². The second-order valence-electron chi connectivity index (χ2n) is 8.18. The molecule has 1 aromatic carbocycles. The number of halogens is 3. The van der Waals surface area contributed by atoms with Gasteiger partial charge in [0.05, 0.1) is 21.0 Å². The maximum absolute atomic E-state index is 13.0. The van der Waals surface area contributed by atoms with Crippen LogP contribution in [0.4, 0.5) is 23.9 Å². The molecule has 0 radical (unpaired) electrons. The zero-order valence-electron chi connectivity index (χ0n) is 16.3. The molecule has 0 spiro atoms. The molecule has 4 nitrogen and oxygen atoms in total. The smallest absolute Gasteiger partial charge is 0.398 e. The highest BCUT2D eigenvalue weighted by atomic mass is 32.1. The molecule has 1 saturated carbocycles. The first-order valence-corrected chi connectivity index (χ1v) is 11.0. The molecule has 0 bridgehead atoms. The molecule has 1 aliphatic carbocycles. The molecule has 1 aliphatic heterocycles. The molecule has 158 valence electrons. The number of nitrogen functional groups attached to an aromatic ring is 1. The Hall–Kier alpha value is -1.80. The molecule has 8 heteroatoms. The number of alkyl halides is 3. The topological polar surface area (TPSA) is 49.6 Å². The van der Waals surface area contributed by atoms with Gasteiger partial charge in [0.15, 0.2) is 5.43 Å². The SMILES string of the molecule is Nc1cc(C(F)(F)F)cc2c(=O)cc(N3CCN(CC4CCCCC4)CC3)sc12. The average molecular weight is 426 g/mol. The van der Waals surface area contributed by atoms with E-state index in [1.807, 2.05) is 0 Å². The number of benzene rings is 1. The van der Waals surface area contributed by atoms with Gasteiger partial charge in [0, 0.05) is 44.2 Å². The minimum atomic E-state index is -4.52. The van der Waals surface area contributed by atoms with E-state index in [1.165, 1.54) is 49.5 Å². The lowest BCUT2D eigenvalue weighted by Gasteiger charge is -2.38. The molecule has 0 unspecified atom stereocenters. The maximum Gasteiger partial charge on any atom is 0.416 e. The molecule has 2 aromatic rings. The predicted octanol–water partition coefficient (Wildman–Crippen LogP) is 4.56. The van der Waals surface area contributed by atoms with Crippen molar-refractivity contribution in [3.05, 3.63) is 34.0 Å². The van der Waals surface area contributed by atoms with Crippen molar-refractivity contribution >= 4 is 32.1 Å². The van der Waals surface area contributed by atoms with Crippen LogP contribution in [-0.4, -0.2) is 37.6 Å². The summed E-state index contributed by atoms with van der Waals surface area (Å²) in [5, 5.41) is 0.827. The molecule has 2 N–H and O–H groups in total. The molecule has 2 aliphatic rings. The van der Waals surface area contributed by atoms with Crippen molar-refractivity contribution in [1.29, 1.82) is 0 Å². The molecule has 0 atom stereocenters. The van der Waals surface area contributed by atoms with Crippen LogP contribution in [0, 0.1) is 5.92 Å². The van der Waals surface area contributed by atoms with Crippen molar-refractivity contribution < 1.29 is 13.2 Å². The van der Waals surface area contributed by atoms with Gasteiger partial charge in [-0.25, -0.2) is 0 Å². The van der Waals surface area contributed by atoms with Gasteiger partial charge in [0.1, 0.15) is 0 Å². The van der Waals surface area contributed by atoms with Gasteiger partial charge in [-0.2, -0.15) is 13.2 Å². The zero-order valence-corrected chi connectivity index (χ0v) is 17.1. The summed E-state index contributed by atoms with van der Waals surface area (Å²) in [4.78, 5) is 17.2. The van der Waals surface area contributed by atoms with Crippen LogP contribution in [0.1, 0.15) is 37.7 Å². The van der Waals surface area contributed by atoms with Crippen molar-refractivity contribution in [3.8, 4) is 0 Å². The van der Waals surface area contributed by atoms with Crippen LogP contribution in [-0.2, 0) is 6.18 Å². The van der Waals surface area contributed by atoms with Crippen molar-refractivity contribution in [2.45, 2.75) is 38.3 Å². The third-order valence-corrected chi connectivity index (χ3v) is 7.34. The number of piperazine rings is 1. The summed E-state index contributed by atoms with van der Waals surface area (Å²) in [6.07, 6.45) is 2.17. The minimum Gasteiger partial charge on any atom is -0.398 e. The lowest BCUT2D eigenvalue weighted by Crippen LogP contribution is -2.48. The molecular weight excluding hydrogens is 399 g/mol. The van der Waals surface area contributed by atoms with Gasteiger partial charge >= 0.3 is 6.18 Å². The van der Waals surface area contributed by atoms with Gasteiger partial charge in [0.2, 0.25) is 0 Å². The Labute approximate surface area is 172 Å². The maximum atomic E-state index is 13.0. The highest BCUT2D eigenvalue weighted by Gasteiger charge is 2.32. The fraction of sp³-hybridized carbons (Fsp3) is 0.571. The second kappa shape index (κ2) is 8.14. The summed E-state index contributed by atoms with van der Waals surface area (Å²) in [5.41, 5.74) is 4.62. The van der Waals surface area contributed by atoms with Crippen molar-refractivity contribution in [2.75, 3.05) is 43.4 Å². The van der Waals surface area contributed by atoms with E-state index in [9.17, 15) is 18.0 Å². The average Bonchev–Trinajstić information content (AvgIpc) is 2.69. The van der Waals surface area contributed by atoms with Gasteiger partial charge in [-0.1, -0.05) is 19.3 Å². The van der Waals surface area contributed by atoms with E-state index in [2.05, 4.69) is 9.80 Å². The van der Waals surface area contributed by atoms with Gasteiger partial charge < -0.3 is 10.6 Å². The molecule has 29 heavy (non-hydrogen) atoms. The lowest BCUT2D eigenvalue weighted by atomic mass is 9.89. The van der Waals surface area contributed by atoms with Crippen LogP contribution in [0.25, 0.3) is 10.1 Å². The van der Waals surface area contributed by atoms with E-state index in [1.54, 1.807) is 0 Å². The van der Waals surface area contributed by atoms with E-state index in [0.29, 0.717) is 4.70 Å². The summed E-state index contributed by atoms with van der Waals surface area (Å²) >= 11 is 1.31. The number of nitrogens with two attached hydrogens (primary N) is 1. The Balaban J connectivity index is 1.50. The third-order valence-electron chi connectivity index (χ3n) is 6.10. The Morgan fingerprint density at radius 3 is 2.38 bits per heavy atom. The highest BCUT2D eigenvalue weighted by molar-refractivity contribution is 7.22. The first-order chi connectivity index (χ1) is 13.8. The molecule has 0 amide bonds.